The lowest BCUT2D eigenvalue weighted by molar-refractivity contribution is 0.619. The van der Waals surface area contributed by atoms with E-state index < -0.39 is 0 Å². The van der Waals surface area contributed by atoms with Gasteiger partial charge in [0.2, 0.25) is 0 Å². The summed E-state index contributed by atoms with van der Waals surface area (Å²) < 4.78 is 13.2. The molecule has 3 rings (SSSR count). The Hall–Kier alpha value is -1.83. The monoisotopic (exact) mass is 227 g/mol. The molecule has 1 aliphatic rings. The zero-order valence-electron chi connectivity index (χ0n) is 9.49. The average Bonchev–Trinajstić information content (AvgIpc) is 2.39. The first-order valence-corrected chi connectivity index (χ1v) is 5.93. The topological polar surface area (TPSA) is 12.0 Å². The van der Waals surface area contributed by atoms with Gasteiger partial charge in [-0.2, -0.15) is 0 Å². The number of halogens is 1. The van der Waals surface area contributed by atoms with Crippen LogP contribution < -0.4 is 5.32 Å². The van der Waals surface area contributed by atoms with Crippen molar-refractivity contribution in [2.75, 3.05) is 5.32 Å². The van der Waals surface area contributed by atoms with Crippen LogP contribution in [0.25, 0.3) is 0 Å². The smallest absolute Gasteiger partial charge is 0.125 e. The van der Waals surface area contributed by atoms with E-state index in [-0.39, 0.29) is 5.82 Å². The molecule has 0 spiro atoms. The summed E-state index contributed by atoms with van der Waals surface area (Å²) in [7, 11) is 0. The van der Waals surface area contributed by atoms with Gasteiger partial charge < -0.3 is 5.32 Å². The van der Waals surface area contributed by atoms with Gasteiger partial charge >= 0.3 is 0 Å². The molecule has 1 heterocycles. The number of anilines is 1. The first-order valence-electron chi connectivity index (χ1n) is 5.93. The van der Waals surface area contributed by atoms with Gasteiger partial charge in [-0.1, -0.05) is 36.4 Å². The van der Waals surface area contributed by atoms with Crippen LogP contribution in [0.5, 0.6) is 0 Å². The molecule has 2 heteroatoms. The van der Waals surface area contributed by atoms with Crippen molar-refractivity contribution in [1.29, 1.82) is 0 Å². The van der Waals surface area contributed by atoms with Crippen molar-refractivity contribution in [2.45, 2.75) is 18.9 Å². The Kier molecular flexibility index (Phi) is 2.56. The van der Waals surface area contributed by atoms with Gasteiger partial charge in [0, 0.05) is 5.69 Å². The minimum Gasteiger partial charge on any atom is -0.378 e. The third-order valence-electron chi connectivity index (χ3n) is 3.31. The molecule has 2 aromatic carbocycles. The summed E-state index contributed by atoms with van der Waals surface area (Å²) in [5.74, 6) is -0.176. The highest BCUT2D eigenvalue weighted by Gasteiger charge is 2.18. The number of nitrogens with one attached hydrogen (secondary N) is 1. The molecular formula is C15H14FN. The second-order valence-electron chi connectivity index (χ2n) is 4.45. The maximum Gasteiger partial charge on any atom is 0.125 e. The summed E-state index contributed by atoms with van der Waals surface area (Å²) >= 11 is 0. The molecule has 1 unspecified atom stereocenters. The lowest BCUT2D eigenvalue weighted by atomic mass is 9.93. The Bertz CT molecular complexity index is 522. The van der Waals surface area contributed by atoms with E-state index in [1.54, 1.807) is 6.07 Å². The molecule has 0 saturated heterocycles. The van der Waals surface area contributed by atoms with E-state index in [2.05, 4.69) is 17.4 Å². The van der Waals surface area contributed by atoms with Crippen molar-refractivity contribution in [2.24, 2.45) is 0 Å². The fourth-order valence-electron chi connectivity index (χ4n) is 2.40. The van der Waals surface area contributed by atoms with Crippen LogP contribution in [-0.4, -0.2) is 0 Å². The van der Waals surface area contributed by atoms with Crippen LogP contribution in [0.1, 0.15) is 23.6 Å². The highest BCUT2D eigenvalue weighted by Crippen LogP contribution is 2.32. The van der Waals surface area contributed by atoms with E-state index >= 15 is 0 Å². The highest BCUT2D eigenvalue weighted by atomic mass is 19.1. The molecular weight excluding hydrogens is 213 g/mol. The number of aryl methyl sites for hydroxylation is 1. The van der Waals surface area contributed by atoms with Crippen LogP contribution in [0.2, 0.25) is 0 Å². The molecule has 1 aliphatic heterocycles. The summed E-state index contributed by atoms with van der Waals surface area (Å²) in [6.07, 6.45) is 2.06. The second-order valence-corrected chi connectivity index (χ2v) is 4.45. The van der Waals surface area contributed by atoms with Gasteiger partial charge in [0.25, 0.3) is 0 Å². The van der Waals surface area contributed by atoms with Crippen LogP contribution in [-0.2, 0) is 6.42 Å². The minimum absolute atomic E-state index is 0.176. The summed E-state index contributed by atoms with van der Waals surface area (Å²) in [5.41, 5.74) is 3.41. The van der Waals surface area contributed by atoms with Crippen molar-refractivity contribution >= 4 is 5.69 Å². The van der Waals surface area contributed by atoms with Crippen LogP contribution in [0.4, 0.5) is 10.1 Å². The van der Waals surface area contributed by atoms with Crippen molar-refractivity contribution < 1.29 is 4.39 Å². The van der Waals surface area contributed by atoms with Crippen molar-refractivity contribution in [3.8, 4) is 0 Å². The Morgan fingerprint density at radius 1 is 1.06 bits per heavy atom. The van der Waals surface area contributed by atoms with Crippen LogP contribution in [0.15, 0.2) is 48.5 Å². The van der Waals surface area contributed by atoms with Crippen molar-refractivity contribution in [3.63, 3.8) is 0 Å². The Morgan fingerprint density at radius 2 is 1.88 bits per heavy atom. The summed E-state index contributed by atoms with van der Waals surface area (Å²) in [6, 6.07) is 15.6. The van der Waals surface area contributed by atoms with Gasteiger partial charge in [0.1, 0.15) is 5.82 Å². The van der Waals surface area contributed by atoms with Crippen molar-refractivity contribution in [3.05, 3.63) is 65.5 Å². The lowest BCUT2D eigenvalue weighted by Gasteiger charge is -2.27. The van der Waals surface area contributed by atoms with Gasteiger partial charge in [-0.3, -0.25) is 0 Å². The van der Waals surface area contributed by atoms with Gasteiger partial charge in [-0.15, -0.1) is 0 Å². The molecule has 0 saturated carbocycles. The molecule has 1 N–H and O–H groups in total. The molecule has 2 aromatic rings. The molecule has 0 radical (unpaired) electrons. The molecule has 0 aliphatic carbocycles. The number of hydrogen-bond donors (Lipinski definition) is 1. The van der Waals surface area contributed by atoms with E-state index in [9.17, 15) is 4.39 Å². The fraction of sp³-hybridized carbons (Fsp3) is 0.200. The molecule has 1 atom stereocenters. The van der Waals surface area contributed by atoms with Gasteiger partial charge in [0.05, 0.1) is 6.04 Å². The average molecular weight is 227 g/mol. The fourth-order valence-corrected chi connectivity index (χ4v) is 2.40. The standard InChI is InChI=1S/C15H14FN/c16-13-8-6-12-7-9-14(17-15(12)10-13)11-4-2-1-3-5-11/h1-6,8,10,14,17H,7,9H2. The minimum atomic E-state index is -0.176. The van der Waals surface area contributed by atoms with E-state index in [0.29, 0.717) is 6.04 Å². The van der Waals surface area contributed by atoms with E-state index in [0.717, 1.165) is 18.5 Å². The third-order valence-corrected chi connectivity index (χ3v) is 3.31. The number of rotatable bonds is 1. The predicted octanol–water partition coefficient (Wildman–Crippen LogP) is 3.93. The summed E-state index contributed by atoms with van der Waals surface area (Å²) in [4.78, 5) is 0. The maximum atomic E-state index is 13.2. The van der Waals surface area contributed by atoms with Gasteiger partial charge in [-0.25, -0.2) is 4.39 Å². The van der Waals surface area contributed by atoms with E-state index in [1.807, 2.05) is 24.3 Å². The quantitative estimate of drug-likeness (QED) is 0.778. The molecule has 0 fully saturated rings. The van der Waals surface area contributed by atoms with Crippen LogP contribution >= 0.6 is 0 Å². The maximum absolute atomic E-state index is 13.2. The number of hydrogen-bond acceptors (Lipinski definition) is 1. The van der Waals surface area contributed by atoms with Crippen molar-refractivity contribution in [1.82, 2.24) is 0 Å². The molecule has 1 nitrogen and oxygen atoms in total. The summed E-state index contributed by atoms with van der Waals surface area (Å²) in [6.45, 7) is 0. The van der Waals surface area contributed by atoms with Gasteiger partial charge in [0.15, 0.2) is 0 Å². The first kappa shape index (κ1) is 10.3. The second kappa shape index (κ2) is 4.21. The largest absolute Gasteiger partial charge is 0.378 e. The lowest BCUT2D eigenvalue weighted by Crippen LogP contribution is -2.18. The molecule has 86 valence electrons. The zero-order valence-corrected chi connectivity index (χ0v) is 9.49. The Labute approximate surface area is 100 Å². The first-order chi connectivity index (χ1) is 8.33. The normalized spacial score (nSPS) is 18.3. The predicted molar refractivity (Wildman–Crippen MR) is 67.5 cm³/mol. The van der Waals surface area contributed by atoms with Gasteiger partial charge in [-0.05, 0) is 36.1 Å². The molecule has 17 heavy (non-hydrogen) atoms. The number of fused-ring (bicyclic) bond motifs is 1. The highest BCUT2D eigenvalue weighted by molar-refractivity contribution is 5.55. The summed E-state index contributed by atoms with van der Waals surface area (Å²) in [5, 5.41) is 3.41. The third kappa shape index (κ3) is 2.03. The molecule has 0 bridgehead atoms. The Balaban J connectivity index is 1.90. The molecule has 0 amide bonds. The van der Waals surface area contributed by atoms with E-state index in [1.165, 1.54) is 17.2 Å². The number of benzene rings is 2. The van der Waals surface area contributed by atoms with Crippen LogP contribution in [0.3, 0.4) is 0 Å². The molecule has 0 aromatic heterocycles. The zero-order chi connectivity index (χ0) is 11.7. The SMILES string of the molecule is Fc1ccc2c(c1)NC(c1ccccc1)CC2. The Morgan fingerprint density at radius 3 is 2.71 bits per heavy atom. The van der Waals surface area contributed by atoms with E-state index in [4.69, 9.17) is 0 Å². The van der Waals surface area contributed by atoms with Crippen LogP contribution in [0, 0.1) is 5.82 Å².